The molecule has 0 saturated carbocycles. The largest absolute Gasteiger partial charge is 0.508 e. The zero-order valence-electron chi connectivity index (χ0n) is 14.1. The molecule has 0 unspecified atom stereocenters. The molecule has 0 saturated heterocycles. The summed E-state index contributed by atoms with van der Waals surface area (Å²) in [7, 11) is 2.91. The van der Waals surface area contributed by atoms with Gasteiger partial charge in [0.2, 0.25) is 6.33 Å². The normalized spacial score (nSPS) is 11.3. The van der Waals surface area contributed by atoms with Crippen LogP contribution in [0.15, 0.2) is 45.3 Å². The van der Waals surface area contributed by atoms with Crippen LogP contribution in [0.1, 0.15) is 5.56 Å². The lowest BCUT2D eigenvalue weighted by atomic mass is 10.2. The van der Waals surface area contributed by atoms with E-state index in [-0.39, 0.29) is 17.8 Å². The number of aryl methyl sites for hydroxylation is 1. The minimum Gasteiger partial charge on any atom is -0.508 e. The molecule has 3 aromatic rings. The van der Waals surface area contributed by atoms with Gasteiger partial charge in [-0.3, -0.25) is 18.7 Å². The van der Waals surface area contributed by atoms with E-state index in [1.165, 1.54) is 47.9 Å². The van der Waals surface area contributed by atoms with Crippen LogP contribution in [0.2, 0.25) is 0 Å². The number of hydrogen-bond donors (Lipinski definition) is 3. The molecule has 1 amide bonds. The maximum atomic E-state index is 12.3. The fourth-order valence-corrected chi connectivity index (χ4v) is 2.55. The summed E-state index contributed by atoms with van der Waals surface area (Å²) in [6, 6.07) is 6.39. The van der Waals surface area contributed by atoms with E-state index in [9.17, 15) is 19.5 Å². The number of nitrogens with zero attached hydrogens (tertiary/aromatic N) is 4. The zero-order valence-corrected chi connectivity index (χ0v) is 14.1. The second-order valence-corrected chi connectivity index (χ2v) is 5.69. The number of H-pyrrole nitrogens is 1. The molecule has 2 heterocycles. The van der Waals surface area contributed by atoms with E-state index in [1.807, 2.05) is 0 Å². The smallest absolute Gasteiger partial charge is 0.333 e. The fourth-order valence-electron chi connectivity index (χ4n) is 2.55. The molecule has 1 aromatic carbocycles. The Balaban J connectivity index is 1.80. The minimum atomic E-state index is -0.500. The van der Waals surface area contributed by atoms with Gasteiger partial charge >= 0.3 is 11.2 Å². The van der Waals surface area contributed by atoms with Crippen molar-refractivity contribution in [3.63, 3.8) is 0 Å². The van der Waals surface area contributed by atoms with Crippen molar-refractivity contribution in [2.45, 2.75) is 6.54 Å². The number of aromatic nitrogens is 4. The number of carbonyl (C=O) groups is 1. The number of amides is 1. The van der Waals surface area contributed by atoms with Gasteiger partial charge in [0, 0.05) is 14.1 Å². The molecular weight excluding hydrogens is 340 g/mol. The Morgan fingerprint density at radius 1 is 1.35 bits per heavy atom. The Bertz CT molecular complexity index is 1140. The van der Waals surface area contributed by atoms with Crippen LogP contribution in [0.3, 0.4) is 0 Å². The summed E-state index contributed by atoms with van der Waals surface area (Å²) in [5, 5.41) is 13.2. The highest BCUT2D eigenvalue weighted by Crippen LogP contribution is 2.08. The highest BCUT2D eigenvalue weighted by molar-refractivity contribution is 5.82. The Morgan fingerprint density at radius 3 is 2.85 bits per heavy atom. The predicted molar refractivity (Wildman–Crippen MR) is 92.8 cm³/mol. The van der Waals surface area contributed by atoms with Crippen LogP contribution in [-0.4, -0.2) is 31.3 Å². The van der Waals surface area contributed by atoms with E-state index >= 15 is 0 Å². The predicted octanol–water partition coefficient (Wildman–Crippen LogP) is -1.29. The number of fused-ring (bicyclic) bond motifs is 1. The molecule has 2 aromatic heterocycles. The van der Waals surface area contributed by atoms with Crippen molar-refractivity contribution < 1.29 is 14.5 Å². The first-order valence-corrected chi connectivity index (χ1v) is 7.66. The Morgan fingerprint density at radius 2 is 2.12 bits per heavy atom. The first kappa shape index (κ1) is 17.1. The maximum Gasteiger partial charge on any atom is 0.333 e. The highest BCUT2D eigenvalue weighted by Gasteiger charge is 2.21. The van der Waals surface area contributed by atoms with Gasteiger partial charge in [-0.15, -0.1) is 0 Å². The summed E-state index contributed by atoms with van der Waals surface area (Å²) in [5.41, 5.74) is 2.55. The van der Waals surface area contributed by atoms with Crippen molar-refractivity contribution in [1.29, 1.82) is 0 Å². The number of phenols is 1. The van der Waals surface area contributed by atoms with E-state index in [0.717, 1.165) is 4.57 Å². The summed E-state index contributed by atoms with van der Waals surface area (Å²) in [5.74, 6) is -0.362. The maximum absolute atomic E-state index is 12.3. The Kier molecular flexibility index (Phi) is 4.40. The quantitative estimate of drug-likeness (QED) is 0.305. The van der Waals surface area contributed by atoms with Crippen molar-refractivity contribution in [3.8, 4) is 5.75 Å². The van der Waals surface area contributed by atoms with Gasteiger partial charge in [-0.1, -0.05) is 12.1 Å². The number of nitrogens with one attached hydrogen (secondary N) is 2. The number of phenolic OH excluding ortho intramolecular Hbond substituents is 1. The first-order chi connectivity index (χ1) is 12.4. The van der Waals surface area contributed by atoms with Crippen LogP contribution in [0, 0.1) is 0 Å². The molecule has 0 atom stereocenters. The molecule has 0 bridgehead atoms. The Labute approximate surface area is 146 Å². The van der Waals surface area contributed by atoms with Crippen LogP contribution < -0.4 is 21.2 Å². The van der Waals surface area contributed by atoms with Crippen molar-refractivity contribution in [1.82, 2.24) is 19.5 Å². The number of hydrogen-bond acceptors (Lipinski definition) is 5. The number of aromatic hydroxyl groups is 1. The van der Waals surface area contributed by atoms with Crippen molar-refractivity contribution in [2.24, 2.45) is 19.2 Å². The summed E-state index contributed by atoms with van der Waals surface area (Å²) in [6.45, 7) is -0.162. The molecule has 26 heavy (non-hydrogen) atoms. The number of rotatable bonds is 4. The molecule has 134 valence electrons. The van der Waals surface area contributed by atoms with Crippen LogP contribution in [-0.2, 0) is 25.4 Å². The van der Waals surface area contributed by atoms with Crippen LogP contribution in [0.25, 0.3) is 11.2 Å². The number of aromatic amines is 1. The summed E-state index contributed by atoms with van der Waals surface area (Å²) >= 11 is 0. The lowest BCUT2D eigenvalue weighted by molar-refractivity contribution is -0.659. The second kappa shape index (κ2) is 6.67. The molecule has 0 aliphatic carbocycles. The molecule has 0 spiro atoms. The number of benzene rings is 1. The SMILES string of the molecule is Cn1c(=O)c2c([nH]c[n+]2CC(=O)NN=Cc2cccc(O)c2)n(C)c1=O. The van der Waals surface area contributed by atoms with Gasteiger partial charge in [0.1, 0.15) is 5.75 Å². The lowest BCUT2D eigenvalue weighted by Gasteiger charge is -2.01. The molecule has 3 N–H and O–H groups in total. The van der Waals surface area contributed by atoms with Gasteiger partial charge in [0.25, 0.3) is 17.1 Å². The van der Waals surface area contributed by atoms with E-state index < -0.39 is 17.2 Å². The van der Waals surface area contributed by atoms with Crippen LogP contribution in [0.5, 0.6) is 5.75 Å². The number of imidazole rings is 1. The molecular formula is C16H17N6O4+. The number of carbonyl (C=O) groups excluding carboxylic acids is 1. The van der Waals surface area contributed by atoms with Crippen molar-refractivity contribution in [2.75, 3.05) is 0 Å². The highest BCUT2D eigenvalue weighted by atomic mass is 16.3. The summed E-state index contributed by atoms with van der Waals surface area (Å²) < 4.78 is 3.69. The van der Waals surface area contributed by atoms with Crippen LogP contribution in [0.4, 0.5) is 0 Å². The summed E-state index contributed by atoms with van der Waals surface area (Å²) in [4.78, 5) is 39.1. The molecule has 3 rings (SSSR count). The fraction of sp³-hybridized carbons (Fsp3) is 0.188. The molecule has 0 aliphatic heterocycles. The van der Waals surface area contributed by atoms with Crippen molar-refractivity contribution in [3.05, 3.63) is 57.0 Å². The van der Waals surface area contributed by atoms with E-state index in [2.05, 4.69) is 15.5 Å². The Hall–Kier alpha value is -3.69. The number of hydrazone groups is 1. The monoisotopic (exact) mass is 357 g/mol. The standard InChI is InChI=1S/C16H16N6O4/c1-20-14-13(15(25)21(2)16(20)26)22(9-17-14)8-12(24)19-18-7-10-4-3-5-11(23)6-10/h3-7,9H,8H2,1-2H3,(H2,19,23,24)/p+1. The van der Waals surface area contributed by atoms with Crippen LogP contribution >= 0.6 is 0 Å². The van der Waals surface area contributed by atoms with Gasteiger partial charge in [-0.25, -0.2) is 19.8 Å². The first-order valence-electron chi connectivity index (χ1n) is 7.66. The van der Waals surface area contributed by atoms with Gasteiger partial charge in [0.05, 0.1) is 6.21 Å². The van der Waals surface area contributed by atoms with Gasteiger partial charge in [-0.2, -0.15) is 5.10 Å². The molecule has 0 radical (unpaired) electrons. The third kappa shape index (κ3) is 3.11. The van der Waals surface area contributed by atoms with E-state index in [1.54, 1.807) is 12.1 Å². The van der Waals surface area contributed by atoms with Gasteiger partial charge in [0.15, 0.2) is 6.54 Å². The third-order valence-electron chi connectivity index (χ3n) is 3.87. The zero-order chi connectivity index (χ0) is 18.8. The lowest BCUT2D eigenvalue weighted by Crippen LogP contribution is -2.46. The average Bonchev–Trinajstić information content (AvgIpc) is 3.02. The summed E-state index contributed by atoms with van der Waals surface area (Å²) in [6.07, 6.45) is 2.84. The molecule has 0 aliphatic rings. The third-order valence-corrected chi connectivity index (χ3v) is 3.87. The average molecular weight is 357 g/mol. The minimum absolute atomic E-state index is 0.0936. The van der Waals surface area contributed by atoms with E-state index in [0.29, 0.717) is 11.2 Å². The van der Waals surface area contributed by atoms with Gasteiger partial charge < -0.3 is 5.11 Å². The molecule has 10 nitrogen and oxygen atoms in total. The molecule has 0 fully saturated rings. The second-order valence-electron chi connectivity index (χ2n) is 5.69. The topological polar surface area (TPSA) is 125 Å². The van der Waals surface area contributed by atoms with Crippen molar-refractivity contribution >= 4 is 23.3 Å². The van der Waals surface area contributed by atoms with E-state index in [4.69, 9.17) is 0 Å². The van der Waals surface area contributed by atoms with Gasteiger partial charge in [-0.05, 0) is 17.7 Å². The molecule has 10 heteroatoms.